The summed E-state index contributed by atoms with van der Waals surface area (Å²) in [4.78, 5) is 19.4. The van der Waals surface area contributed by atoms with Crippen LogP contribution in [0.15, 0.2) is 17.5 Å². The van der Waals surface area contributed by atoms with E-state index in [0.29, 0.717) is 18.4 Å². The lowest BCUT2D eigenvalue weighted by atomic mass is 9.75. The van der Waals surface area contributed by atoms with Crippen LogP contribution in [0.3, 0.4) is 0 Å². The molecule has 25 heavy (non-hydrogen) atoms. The van der Waals surface area contributed by atoms with E-state index in [4.69, 9.17) is 4.74 Å². The maximum absolute atomic E-state index is 12.9. The van der Waals surface area contributed by atoms with Crippen LogP contribution in [0.25, 0.3) is 0 Å². The van der Waals surface area contributed by atoms with Gasteiger partial charge < -0.3 is 9.64 Å². The van der Waals surface area contributed by atoms with Gasteiger partial charge in [-0.3, -0.25) is 9.69 Å². The quantitative estimate of drug-likeness (QED) is 0.724. The van der Waals surface area contributed by atoms with Crippen molar-refractivity contribution >= 4 is 17.3 Å². The zero-order valence-electron chi connectivity index (χ0n) is 15.9. The second-order valence-corrected chi connectivity index (χ2v) is 9.11. The number of esters is 1. The fourth-order valence-corrected chi connectivity index (χ4v) is 5.39. The van der Waals surface area contributed by atoms with Crippen molar-refractivity contribution in [3.05, 3.63) is 22.4 Å². The van der Waals surface area contributed by atoms with Crippen molar-refractivity contribution in [2.24, 2.45) is 17.3 Å². The Kier molecular flexibility index (Phi) is 6.18. The Labute approximate surface area is 156 Å². The molecule has 0 spiro atoms. The first-order valence-corrected chi connectivity index (χ1v) is 10.6. The zero-order valence-corrected chi connectivity index (χ0v) is 16.7. The number of likely N-dealkylation sites (tertiary alicyclic amines) is 2. The van der Waals surface area contributed by atoms with Crippen molar-refractivity contribution in [1.82, 2.24) is 9.80 Å². The van der Waals surface area contributed by atoms with Crippen LogP contribution in [0.4, 0.5) is 0 Å². The largest absolute Gasteiger partial charge is 0.466 e. The molecule has 2 aliphatic heterocycles. The SMILES string of the molecule is CCOC(=O)[C@]12CCCN(Cc3cccs3)C[C@H]1CN(CC(C)C)C2. The lowest BCUT2D eigenvalue weighted by molar-refractivity contribution is -0.157. The lowest BCUT2D eigenvalue weighted by Crippen LogP contribution is -2.42. The van der Waals surface area contributed by atoms with Gasteiger partial charge in [0.05, 0.1) is 12.0 Å². The van der Waals surface area contributed by atoms with Gasteiger partial charge >= 0.3 is 5.97 Å². The van der Waals surface area contributed by atoms with Crippen LogP contribution in [-0.2, 0) is 16.1 Å². The van der Waals surface area contributed by atoms with Gasteiger partial charge in [-0.05, 0) is 43.7 Å². The van der Waals surface area contributed by atoms with Crippen molar-refractivity contribution in [2.75, 3.05) is 39.3 Å². The normalized spacial score (nSPS) is 28.1. The summed E-state index contributed by atoms with van der Waals surface area (Å²) in [6, 6.07) is 4.34. The third-order valence-corrected chi connectivity index (χ3v) is 6.47. The van der Waals surface area contributed by atoms with E-state index >= 15 is 0 Å². The van der Waals surface area contributed by atoms with Crippen LogP contribution >= 0.6 is 11.3 Å². The lowest BCUT2D eigenvalue weighted by Gasteiger charge is -2.31. The first kappa shape index (κ1) is 18.9. The van der Waals surface area contributed by atoms with Gasteiger partial charge in [0, 0.05) is 43.5 Å². The fraction of sp³-hybridized carbons (Fsp3) is 0.750. The molecule has 3 heterocycles. The number of thiophene rings is 1. The van der Waals surface area contributed by atoms with Crippen LogP contribution in [0.2, 0.25) is 0 Å². The molecule has 4 nitrogen and oxygen atoms in total. The monoisotopic (exact) mass is 364 g/mol. The Bertz CT molecular complexity index is 560. The number of carbonyl (C=O) groups excluding carboxylic acids is 1. The first-order chi connectivity index (χ1) is 12.0. The molecule has 0 saturated carbocycles. The minimum absolute atomic E-state index is 0.0456. The van der Waals surface area contributed by atoms with E-state index in [0.717, 1.165) is 52.1 Å². The van der Waals surface area contributed by atoms with E-state index in [1.54, 1.807) is 0 Å². The van der Waals surface area contributed by atoms with Gasteiger partial charge in [0.15, 0.2) is 0 Å². The second-order valence-electron chi connectivity index (χ2n) is 8.08. The topological polar surface area (TPSA) is 32.8 Å². The minimum Gasteiger partial charge on any atom is -0.466 e. The Balaban J connectivity index is 1.76. The fourth-order valence-electron chi connectivity index (χ4n) is 4.65. The average molecular weight is 365 g/mol. The summed E-state index contributed by atoms with van der Waals surface area (Å²) in [6.45, 7) is 13.0. The third-order valence-electron chi connectivity index (χ3n) is 5.61. The van der Waals surface area contributed by atoms with E-state index in [-0.39, 0.29) is 11.4 Å². The van der Waals surface area contributed by atoms with Crippen molar-refractivity contribution in [2.45, 2.75) is 40.2 Å². The predicted molar refractivity (Wildman–Crippen MR) is 103 cm³/mol. The molecule has 3 rings (SSSR count). The summed E-state index contributed by atoms with van der Waals surface area (Å²) in [5.74, 6) is 1.06. The molecule has 2 saturated heterocycles. The van der Waals surface area contributed by atoms with Gasteiger partial charge in [0.1, 0.15) is 0 Å². The Morgan fingerprint density at radius 2 is 2.20 bits per heavy atom. The molecule has 2 atom stereocenters. The van der Waals surface area contributed by atoms with Crippen LogP contribution in [0, 0.1) is 17.3 Å². The molecule has 2 aliphatic rings. The Morgan fingerprint density at radius 1 is 1.40 bits per heavy atom. The highest BCUT2D eigenvalue weighted by molar-refractivity contribution is 7.09. The molecule has 2 fully saturated rings. The van der Waals surface area contributed by atoms with Crippen LogP contribution < -0.4 is 0 Å². The van der Waals surface area contributed by atoms with Gasteiger partial charge in [0.2, 0.25) is 0 Å². The maximum atomic E-state index is 12.9. The number of rotatable bonds is 6. The van der Waals surface area contributed by atoms with Crippen LogP contribution in [-0.4, -0.2) is 55.1 Å². The average Bonchev–Trinajstić information content (AvgIpc) is 3.12. The molecule has 140 valence electrons. The highest BCUT2D eigenvalue weighted by Gasteiger charge is 2.53. The highest BCUT2D eigenvalue weighted by Crippen LogP contribution is 2.44. The third kappa shape index (κ3) is 4.26. The maximum Gasteiger partial charge on any atom is 0.313 e. The predicted octanol–water partition coefficient (Wildman–Crippen LogP) is 3.48. The zero-order chi connectivity index (χ0) is 17.9. The summed E-state index contributed by atoms with van der Waals surface area (Å²) in [7, 11) is 0. The van der Waals surface area contributed by atoms with Gasteiger partial charge in [-0.25, -0.2) is 0 Å². The van der Waals surface area contributed by atoms with E-state index < -0.39 is 0 Å². The molecule has 0 aliphatic carbocycles. The molecular weight excluding hydrogens is 332 g/mol. The molecule has 0 radical (unpaired) electrons. The molecule has 0 N–H and O–H groups in total. The number of nitrogens with zero attached hydrogens (tertiary/aromatic N) is 2. The molecule has 1 aromatic heterocycles. The first-order valence-electron chi connectivity index (χ1n) is 9.68. The standard InChI is InChI=1S/C20H32N2O2S/c1-4-24-19(23)20-8-6-9-21(14-18-7-5-10-25-18)12-17(20)13-22(15-20)11-16(2)3/h5,7,10,16-17H,4,6,8-9,11-15H2,1-3H3/t17-,20-/m0/s1. The van der Waals surface area contributed by atoms with Gasteiger partial charge in [0.25, 0.3) is 0 Å². The number of hydrogen-bond acceptors (Lipinski definition) is 5. The summed E-state index contributed by atoms with van der Waals surface area (Å²) in [5, 5.41) is 2.15. The summed E-state index contributed by atoms with van der Waals surface area (Å²) < 4.78 is 5.55. The molecule has 5 heteroatoms. The van der Waals surface area contributed by atoms with Gasteiger partial charge in [-0.1, -0.05) is 19.9 Å². The molecule has 0 unspecified atom stereocenters. The van der Waals surface area contributed by atoms with Crippen molar-refractivity contribution in [3.63, 3.8) is 0 Å². The molecule has 0 amide bonds. The van der Waals surface area contributed by atoms with Crippen LogP contribution in [0.1, 0.15) is 38.5 Å². The molecule has 1 aromatic rings. The van der Waals surface area contributed by atoms with Crippen molar-refractivity contribution in [1.29, 1.82) is 0 Å². The number of fused-ring (bicyclic) bond motifs is 1. The smallest absolute Gasteiger partial charge is 0.313 e. The minimum atomic E-state index is -0.297. The van der Waals surface area contributed by atoms with Crippen LogP contribution in [0.5, 0.6) is 0 Å². The number of ether oxygens (including phenoxy) is 1. The van der Waals surface area contributed by atoms with E-state index in [1.807, 2.05) is 18.3 Å². The highest BCUT2D eigenvalue weighted by atomic mass is 32.1. The number of carbonyl (C=O) groups is 1. The molecule has 0 aromatic carbocycles. The van der Waals surface area contributed by atoms with Gasteiger partial charge in [-0.15, -0.1) is 11.3 Å². The van der Waals surface area contributed by atoms with Gasteiger partial charge in [-0.2, -0.15) is 0 Å². The Morgan fingerprint density at radius 3 is 2.88 bits per heavy atom. The van der Waals surface area contributed by atoms with Crippen molar-refractivity contribution < 1.29 is 9.53 Å². The summed E-state index contributed by atoms with van der Waals surface area (Å²) in [6.07, 6.45) is 2.04. The van der Waals surface area contributed by atoms with E-state index in [1.165, 1.54) is 4.88 Å². The summed E-state index contributed by atoms with van der Waals surface area (Å²) in [5.41, 5.74) is -0.297. The second kappa shape index (κ2) is 8.19. The number of hydrogen-bond donors (Lipinski definition) is 0. The molecular formula is C20H32N2O2S. The van der Waals surface area contributed by atoms with E-state index in [2.05, 4.69) is 41.2 Å². The van der Waals surface area contributed by atoms with Crippen molar-refractivity contribution in [3.8, 4) is 0 Å². The molecule has 0 bridgehead atoms. The van der Waals surface area contributed by atoms with E-state index in [9.17, 15) is 4.79 Å². The Hall–Kier alpha value is -0.910. The summed E-state index contributed by atoms with van der Waals surface area (Å²) >= 11 is 1.83.